The molecule has 0 fully saturated rings. The summed E-state index contributed by atoms with van der Waals surface area (Å²) >= 11 is 1.39. The van der Waals surface area contributed by atoms with E-state index in [1.807, 2.05) is 24.3 Å². The summed E-state index contributed by atoms with van der Waals surface area (Å²) in [6.07, 6.45) is 0. The van der Waals surface area contributed by atoms with Crippen LogP contribution in [-0.4, -0.2) is 23.2 Å². The number of aromatic nitrogens is 1. The lowest BCUT2D eigenvalue weighted by Crippen LogP contribution is -1.98. The van der Waals surface area contributed by atoms with Crippen LogP contribution < -0.4 is 0 Å². The highest BCUT2D eigenvalue weighted by Crippen LogP contribution is 2.30. The maximum Gasteiger partial charge on any atom is 0.355 e. The number of aromatic carboxylic acids is 1. The average Bonchev–Trinajstić information content (AvgIpc) is 2.72. The van der Waals surface area contributed by atoms with Gasteiger partial charge < -0.3 is 9.84 Å². The van der Waals surface area contributed by atoms with Gasteiger partial charge >= 0.3 is 5.97 Å². The largest absolute Gasteiger partial charge is 0.476 e. The second kappa shape index (κ2) is 5.29. The number of benzene rings is 1. The van der Waals surface area contributed by atoms with Gasteiger partial charge in [0.05, 0.1) is 6.61 Å². The molecule has 0 bridgehead atoms. The monoisotopic (exact) mass is 263 g/mol. The van der Waals surface area contributed by atoms with Crippen molar-refractivity contribution in [2.24, 2.45) is 0 Å². The first-order valence-corrected chi connectivity index (χ1v) is 6.23. The highest BCUT2D eigenvalue weighted by Gasteiger charge is 2.16. The summed E-state index contributed by atoms with van der Waals surface area (Å²) < 4.78 is 5.14. The third kappa shape index (κ3) is 2.42. The molecule has 0 unspecified atom stereocenters. The molecule has 0 atom stereocenters. The van der Waals surface area contributed by atoms with E-state index in [0.29, 0.717) is 11.5 Å². The summed E-state index contributed by atoms with van der Waals surface area (Å²) in [6, 6.07) is 7.72. The number of rotatable bonds is 4. The Morgan fingerprint density at radius 3 is 2.78 bits per heavy atom. The third-order valence-electron chi connectivity index (χ3n) is 2.55. The van der Waals surface area contributed by atoms with Gasteiger partial charge in [0.2, 0.25) is 0 Å². The van der Waals surface area contributed by atoms with Crippen LogP contribution in [0.15, 0.2) is 24.3 Å². The number of aryl methyl sites for hydroxylation is 1. The molecule has 0 aliphatic heterocycles. The Balaban J connectivity index is 2.48. The van der Waals surface area contributed by atoms with E-state index in [-0.39, 0.29) is 5.69 Å². The molecule has 2 aromatic rings. The fourth-order valence-electron chi connectivity index (χ4n) is 1.72. The quantitative estimate of drug-likeness (QED) is 0.921. The average molecular weight is 263 g/mol. The molecule has 1 N–H and O–H groups in total. The molecule has 18 heavy (non-hydrogen) atoms. The lowest BCUT2D eigenvalue weighted by Gasteiger charge is -2.05. The second-order valence-corrected chi connectivity index (χ2v) is 5.02. The Morgan fingerprint density at radius 2 is 2.17 bits per heavy atom. The van der Waals surface area contributed by atoms with Crippen LogP contribution in [0.25, 0.3) is 10.6 Å². The fourth-order valence-corrected chi connectivity index (χ4v) is 2.69. The van der Waals surface area contributed by atoms with Gasteiger partial charge in [0.15, 0.2) is 5.69 Å². The third-order valence-corrected chi connectivity index (χ3v) is 3.55. The molecule has 1 aromatic heterocycles. The van der Waals surface area contributed by atoms with E-state index in [1.54, 1.807) is 14.0 Å². The van der Waals surface area contributed by atoms with Crippen molar-refractivity contribution in [3.05, 3.63) is 40.4 Å². The van der Waals surface area contributed by atoms with E-state index in [4.69, 9.17) is 9.84 Å². The fraction of sp³-hybridized carbons (Fsp3) is 0.231. The Morgan fingerprint density at radius 1 is 1.44 bits per heavy atom. The van der Waals surface area contributed by atoms with E-state index >= 15 is 0 Å². The van der Waals surface area contributed by atoms with Crippen molar-refractivity contribution >= 4 is 17.3 Å². The van der Waals surface area contributed by atoms with Crippen LogP contribution >= 0.6 is 11.3 Å². The van der Waals surface area contributed by atoms with Gasteiger partial charge in [-0.25, -0.2) is 9.78 Å². The minimum absolute atomic E-state index is 0.127. The van der Waals surface area contributed by atoms with Crippen molar-refractivity contribution in [2.75, 3.05) is 7.11 Å². The molecule has 0 amide bonds. The Labute approximate surface area is 109 Å². The number of methoxy groups -OCH3 is 1. The van der Waals surface area contributed by atoms with Gasteiger partial charge in [-0.2, -0.15) is 0 Å². The number of thiazole rings is 1. The smallest absolute Gasteiger partial charge is 0.355 e. The first kappa shape index (κ1) is 12.7. The van der Waals surface area contributed by atoms with Crippen LogP contribution in [-0.2, 0) is 11.3 Å². The molecular formula is C13H13NO3S. The van der Waals surface area contributed by atoms with Crippen LogP contribution in [0.4, 0.5) is 0 Å². The minimum Gasteiger partial charge on any atom is -0.476 e. The number of carboxylic acid groups (broad SMARTS) is 1. The summed E-state index contributed by atoms with van der Waals surface area (Å²) in [5.74, 6) is -0.987. The summed E-state index contributed by atoms with van der Waals surface area (Å²) in [4.78, 5) is 15.9. The molecule has 4 nitrogen and oxygen atoms in total. The topological polar surface area (TPSA) is 59.4 Å². The number of ether oxygens (including phenoxy) is 1. The van der Waals surface area contributed by atoms with Crippen LogP contribution in [0, 0.1) is 6.92 Å². The normalized spacial score (nSPS) is 10.6. The van der Waals surface area contributed by atoms with Crippen molar-refractivity contribution in [1.29, 1.82) is 0 Å². The number of hydrogen-bond donors (Lipinski definition) is 1. The molecule has 1 heterocycles. The standard InChI is InChI=1S/C13H13NO3S/c1-8-11(13(15)16)14-12(18-8)10-6-4-3-5-9(10)7-17-2/h3-6H,7H2,1-2H3,(H,15,16). The van der Waals surface area contributed by atoms with Gasteiger partial charge in [0, 0.05) is 17.6 Å². The summed E-state index contributed by atoms with van der Waals surface area (Å²) in [6.45, 7) is 2.25. The van der Waals surface area contributed by atoms with Crippen molar-refractivity contribution in [3.63, 3.8) is 0 Å². The minimum atomic E-state index is -0.987. The van der Waals surface area contributed by atoms with E-state index in [9.17, 15) is 4.79 Å². The lowest BCUT2D eigenvalue weighted by molar-refractivity contribution is 0.0690. The van der Waals surface area contributed by atoms with E-state index in [1.165, 1.54) is 11.3 Å². The SMILES string of the molecule is COCc1ccccc1-c1nc(C(=O)O)c(C)s1. The van der Waals surface area contributed by atoms with Crippen LogP contribution in [0.3, 0.4) is 0 Å². The Hall–Kier alpha value is -1.72. The van der Waals surface area contributed by atoms with Crippen molar-refractivity contribution in [2.45, 2.75) is 13.5 Å². The molecule has 0 aliphatic carbocycles. The summed E-state index contributed by atoms with van der Waals surface area (Å²) in [5, 5.41) is 9.74. The molecule has 0 saturated carbocycles. The Bertz CT molecular complexity index is 577. The molecule has 0 spiro atoms. The highest BCUT2D eigenvalue weighted by molar-refractivity contribution is 7.15. The van der Waals surface area contributed by atoms with E-state index in [0.717, 1.165) is 16.1 Å². The van der Waals surface area contributed by atoms with E-state index in [2.05, 4.69) is 4.98 Å². The number of carboxylic acids is 1. The first-order valence-electron chi connectivity index (χ1n) is 5.41. The van der Waals surface area contributed by atoms with E-state index < -0.39 is 5.97 Å². The summed E-state index contributed by atoms with van der Waals surface area (Å²) in [7, 11) is 1.63. The Kier molecular flexibility index (Phi) is 3.74. The maximum atomic E-state index is 11.0. The zero-order valence-electron chi connectivity index (χ0n) is 10.1. The van der Waals surface area contributed by atoms with Crippen molar-refractivity contribution in [1.82, 2.24) is 4.98 Å². The maximum absolute atomic E-state index is 11.0. The van der Waals surface area contributed by atoms with Gasteiger partial charge in [0.1, 0.15) is 5.01 Å². The molecule has 2 rings (SSSR count). The molecule has 1 aromatic carbocycles. The van der Waals surface area contributed by atoms with Gasteiger partial charge in [-0.15, -0.1) is 11.3 Å². The molecule has 0 saturated heterocycles. The van der Waals surface area contributed by atoms with Crippen LogP contribution in [0.1, 0.15) is 20.9 Å². The zero-order valence-corrected chi connectivity index (χ0v) is 11.0. The molecule has 0 aliphatic rings. The van der Waals surface area contributed by atoms with Gasteiger partial charge in [-0.05, 0) is 12.5 Å². The predicted molar refractivity (Wildman–Crippen MR) is 70.0 cm³/mol. The predicted octanol–water partition coefficient (Wildman–Crippen LogP) is 2.96. The second-order valence-electron chi connectivity index (χ2n) is 3.82. The van der Waals surface area contributed by atoms with Crippen LogP contribution in [0.5, 0.6) is 0 Å². The molecular weight excluding hydrogens is 250 g/mol. The van der Waals surface area contributed by atoms with Crippen molar-refractivity contribution in [3.8, 4) is 10.6 Å². The van der Waals surface area contributed by atoms with Crippen molar-refractivity contribution < 1.29 is 14.6 Å². The zero-order chi connectivity index (χ0) is 13.1. The van der Waals surface area contributed by atoms with Gasteiger partial charge in [-0.3, -0.25) is 0 Å². The first-order chi connectivity index (χ1) is 8.63. The van der Waals surface area contributed by atoms with Gasteiger partial charge in [-0.1, -0.05) is 24.3 Å². The summed E-state index contributed by atoms with van der Waals surface area (Å²) in [5.41, 5.74) is 2.06. The molecule has 0 radical (unpaired) electrons. The lowest BCUT2D eigenvalue weighted by atomic mass is 10.1. The highest BCUT2D eigenvalue weighted by atomic mass is 32.1. The number of carbonyl (C=O) groups is 1. The number of nitrogens with zero attached hydrogens (tertiary/aromatic N) is 1. The molecule has 94 valence electrons. The molecule has 5 heteroatoms. The van der Waals surface area contributed by atoms with Crippen LogP contribution in [0.2, 0.25) is 0 Å². The number of hydrogen-bond acceptors (Lipinski definition) is 4. The van der Waals surface area contributed by atoms with Gasteiger partial charge in [0.25, 0.3) is 0 Å².